The molecule has 2 aromatic rings. The Morgan fingerprint density at radius 3 is 2.83 bits per heavy atom. The normalized spacial score (nSPS) is 19.9. The van der Waals surface area contributed by atoms with Crippen LogP contribution in [0.3, 0.4) is 0 Å². The van der Waals surface area contributed by atoms with Crippen LogP contribution >= 0.6 is 0 Å². The SMILES string of the molecule is Cc1cc(NCC2(O)CCCc3ccccc32)ccc1[N+](=O)[O-]. The van der Waals surface area contributed by atoms with Crippen LogP contribution in [0.15, 0.2) is 42.5 Å². The Hall–Kier alpha value is -2.40. The number of nitro benzene ring substituents is 1. The minimum absolute atomic E-state index is 0.109. The Morgan fingerprint density at radius 1 is 1.30 bits per heavy atom. The molecule has 0 fully saturated rings. The van der Waals surface area contributed by atoms with Crippen molar-refractivity contribution in [3.8, 4) is 0 Å². The number of aryl methyl sites for hydroxylation is 2. The van der Waals surface area contributed by atoms with E-state index < -0.39 is 5.60 Å². The predicted octanol–water partition coefficient (Wildman–Crippen LogP) is 3.54. The molecule has 120 valence electrons. The van der Waals surface area contributed by atoms with Crippen LogP contribution in [0.4, 0.5) is 11.4 Å². The summed E-state index contributed by atoms with van der Waals surface area (Å²) in [5.74, 6) is 0. The highest BCUT2D eigenvalue weighted by Gasteiger charge is 2.33. The van der Waals surface area contributed by atoms with Crippen LogP contribution < -0.4 is 5.32 Å². The first-order chi connectivity index (χ1) is 11.0. The number of hydrogen-bond acceptors (Lipinski definition) is 4. The van der Waals surface area contributed by atoms with Gasteiger partial charge in [0.05, 0.1) is 4.92 Å². The Morgan fingerprint density at radius 2 is 2.09 bits per heavy atom. The third-order valence-corrected chi connectivity index (χ3v) is 4.53. The third kappa shape index (κ3) is 3.05. The smallest absolute Gasteiger partial charge is 0.272 e. The molecule has 0 radical (unpaired) electrons. The fourth-order valence-corrected chi connectivity index (χ4v) is 3.30. The van der Waals surface area contributed by atoms with Crippen LogP contribution in [0.5, 0.6) is 0 Å². The number of nitrogens with one attached hydrogen (secondary N) is 1. The topological polar surface area (TPSA) is 75.4 Å². The van der Waals surface area contributed by atoms with E-state index in [1.807, 2.05) is 18.2 Å². The van der Waals surface area contributed by atoms with E-state index in [1.54, 1.807) is 19.1 Å². The van der Waals surface area contributed by atoms with Gasteiger partial charge in [-0.05, 0) is 49.4 Å². The molecule has 5 heteroatoms. The summed E-state index contributed by atoms with van der Waals surface area (Å²) in [5.41, 5.74) is 2.78. The zero-order chi connectivity index (χ0) is 16.4. The molecule has 0 aliphatic heterocycles. The van der Waals surface area contributed by atoms with Crippen LogP contribution in [0.25, 0.3) is 0 Å². The number of nitrogens with zero attached hydrogens (tertiary/aromatic N) is 1. The van der Waals surface area contributed by atoms with E-state index >= 15 is 0 Å². The molecular weight excluding hydrogens is 292 g/mol. The van der Waals surface area contributed by atoms with Crippen LogP contribution in [0.2, 0.25) is 0 Å². The summed E-state index contributed by atoms with van der Waals surface area (Å²) >= 11 is 0. The first-order valence-corrected chi connectivity index (χ1v) is 7.79. The lowest BCUT2D eigenvalue weighted by Crippen LogP contribution is -2.37. The number of hydrogen-bond donors (Lipinski definition) is 2. The summed E-state index contributed by atoms with van der Waals surface area (Å²) in [7, 11) is 0. The molecule has 3 rings (SSSR count). The van der Waals surface area contributed by atoms with E-state index in [2.05, 4.69) is 11.4 Å². The minimum Gasteiger partial charge on any atom is -0.383 e. The van der Waals surface area contributed by atoms with Gasteiger partial charge in [0.2, 0.25) is 0 Å². The quantitative estimate of drug-likeness (QED) is 0.669. The number of benzene rings is 2. The Kier molecular flexibility index (Phi) is 4.05. The van der Waals surface area contributed by atoms with Gasteiger partial charge in [-0.1, -0.05) is 24.3 Å². The van der Waals surface area contributed by atoms with Crippen LogP contribution in [-0.2, 0) is 12.0 Å². The maximum atomic E-state index is 11.0. The fraction of sp³-hybridized carbons (Fsp3) is 0.333. The molecule has 0 amide bonds. The first-order valence-electron chi connectivity index (χ1n) is 7.79. The molecule has 5 nitrogen and oxygen atoms in total. The summed E-state index contributed by atoms with van der Waals surface area (Å²) in [6.07, 6.45) is 2.66. The number of fused-ring (bicyclic) bond motifs is 1. The molecule has 1 aliphatic rings. The van der Waals surface area contributed by atoms with Gasteiger partial charge in [-0.15, -0.1) is 0 Å². The highest BCUT2D eigenvalue weighted by atomic mass is 16.6. The monoisotopic (exact) mass is 312 g/mol. The van der Waals surface area contributed by atoms with E-state index in [9.17, 15) is 15.2 Å². The molecule has 2 N–H and O–H groups in total. The summed E-state index contributed by atoms with van der Waals surface area (Å²) in [5, 5.41) is 25.1. The fourth-order valence-electron chi connectivity index (χ4n) is 3.30. The number of anilines is 1. The summed E-state index contributed by atoms with van der Waals surface area (Å²) < 4.78 is 0. The largest absolute Gasteiger partial charge is 0.383 e. The Balaban J connectivity index is 1.78. The summed E-state index contributed by atoms with van der Waals surface area (Å²) in [6.45, 7) is 2.11. The molecule has 0 spiro atoms. The van der Waals surface area contributed by atoms with Crippen molar-refractivity contribution >= 4 is 11.4 Å². The van der Waals surface area contributed by atoms with Gasteiger partial charge in [0, 0.05) is 23.9 Å². The standard InChI is InChI=1S/C18H20N2O3/c1-13-11-15(8-9-17(13)20(22)23)19-12-18(21)10-4-6-14-5-2-3-7-16(14)18/h2-3,5,7-9,11,19,21H,4,6,10,12H2,1H3. The van der Waals surface area contributed by atoms with Gasteiger partial charge in [0.1, 0.15) is 5.60 Å². The van der Waals surface area contributed by atoms with Crippen molar-refractivity contribution in [1.29, 1.82) is 0 Å². The molecule has 0 heterocycles. The zero-order valence-corrected chi connectivity index (χ0v) is 13.1. The Labute approximate surface area is 135 Å². The van der Waals surface area contributed by atoms with Gasteiger partial charge in [-0.3, -0.25) is 10.1 Å². The first kappa shape index (κ1) is 15.5. The van der Waals surface area contributed by atoms with Gasteiger partial charge >= 0.3 is 0 Å². The van der Waals surface area contributed by atoms with Gasteiger partial charge in [-0.25, -0.2) is 0 Å². The van der Waals surface area contributed by atoms with E-state index in [1.165, 1.54) is 11.6 Å². The summed E-state index contributed by atoms with van der Waals surface area (Å²) in [4.78, 5) is 10.5. The lowest BCUT2D eigenvalue weighted by Gasteiger charge is -2.35. The van der Waals surface area contributed by atoms with Crippen molar-refractivity contribution in [3.63, 3.8) is 0 Å². The number of nitro groups is 1. The molecule has 1 unspecified atom stereocenters. The highest BCUT2D eigenvalue weighted by Crippen LogP contribution is 2.35. The van der Waals surface area contributed by atoms with Crippen molar-refractivity contribution in [2.75, 3.05) is 11.9 Å². The lowest BCUT2D eigenvalue weighted by atomic mass is 9.79. The molecule has 0 saturated carbocycles. The minimum atomic E-state index is -0.898. The van der Waals surface area contributed by atoms with E-state index in [4.69, 9.17) is 0 Å². The maximum Gasteiger partial charge on any atom is 0.272 e. The molecule has 1 atom stereocenters. The molecule has 2 aromatic carbocycles. The lowest BCUT2D eigenvalue weighted by molar-refractivity contribution is -0.385. The van der Waals surface area contributed by atoms with Crippen molar-refractivity contribution < 1.29 is 10.0 Å². The Bertz CT molecular complexity index is 745. The third-order valence-electron chi connectivity index (χ3n) is 4.53. The van der Waals surface area contributed by atoms with Gasteiger partial charge in [-0.2, -0.15) is 0 Å². The number of aliphatic hydroxyl groups is 1. The predicted molar refractivity (Wildman–Crippen MR) is 89.6 cm³/mol. The highest BCUT2D eigenvalue weighted by molar-refractivity contribution is 5.54. The van der Waals surface area contributed by atoms with Crippen LogP contribution in [-0.4, -0.2) is 16.6 Å². The van der Waals surface area contributed by atoms with Crippen LogP contribution in [0.1, 0.15) is 29.5 Å². The van der Waals surface area contributed by atoms with E-state index in [0.717, 1.165) is 24.1 Å². The molecule has 23 heavy (non-hydrogen) atoms. The molecule has 0 aromatic heterocycles. The average Bonchev–Trinajstić information content (AvgIpc) is 2.53. The van der Waals surface area contributed by atoms with Gasteiger partial charge in [0.25, 0.3) is 5.69 Å². The molecule has 0 saturated heterocycles. The van der Waals surface area contributed by atoms with Crippen molar-refractivity contribution in [1.82, 2.24) is 0 Å². The average molecular weight is 312 g/mol. The van der Waals surface area contributed by atoms with Crippen molar-refractivity contribution in [2.45, 2.75) is 31.8 Å². The van der Waals surface area contributed by atoms with Crippen molar-refractivity contribution in [2.24, 2.45) is 0 Å². The molecule has 1 aliphatic carbocycles. The second-order valence-electron chi connectivity index (χ2n) is 6.15. The number of rotatable bonds is 4. The molecular formula is C18H20N2O3. The van der Waals surface area contributed by atoms with Crippen molar-refractivity contribution in [3.05, 3.63) is 69.3 Å². The van der Waals surface area contributed by atoms with Gasteiger partial charge in [0.15, 0.2) is 0 Å². The van der Waals surface area contributed by atoms with Gasteiger partial charge < -0.3 is 10.4 Å². The maximum absolute atomic E-state index is 11.0. The van der Waals surface area contributed by atoms with E-state index in [-0.39, 0.29) is 10.6 Å². The second-order valence-corrected chi connectivity index (χ2v) is 6.15. The second kappa shape index (κ2) is 6.01. The van der Waals surface area contributed by atoms with Crippen LogP contribution in [0, 0.1) is 17.0 Å². The summed E-state index contributed by atoms with van der Waals surface area (Å²) in [6, 6.07) is 12.9. The van der Waals surface area contributed by atoms with E-state index in [0.29, 0.717) is 18.5 Å². The zero-order valence-electron chi connectivity index (χ0n) is 13.1. The molecule has 0 bridgehead atoms.